The number of halogens is 1. The van der Waals surface area contributed by atoms with Crippen LogP contribution in [0.4, 0.5) is 4.39 Å². The minimum atomic E-state index is -0.614. The first kappa shape index (κ1) is 20.5. The van der Waals surface area contributed by atoms with Crippen LogP contribution in [-0.4, -0.2) is 61.5 Å². The maximum absolute atomic E-state index is 15.0. The minimum absolute atomic E-state index is 0.0190. The quantitative estimate of drug-likeness (QED) is 0.494. The molecule has 168 valence electrons. The van der Waals surface area contributed by atoms with Crippen molar-refractivity contribution in [3.05, 3.63) is 93.2 Å². The summed E-state index contributed by atoms with van der Waals surface area (Å²) in [5, 5.41) is 13.2. The molecule has 2 atom stereocenters. The monoisotopic (exact) mass is 513 g/mol. The fraction of sp³-hybridized carbons (Fsp3) is 0.250. The third-order valence-corrected chi connectivity index (χ3v) is 8.82. The van der Waals surface area contributed by atoms with Crippen LogP contribution in [0.25, 0.3) is 0 Å². The average molecular weight is 512 g/mol. The molecule has 3 aromatic rings. The van der Waals surface area contributed by atoms with Crippen molar-refractivity contribution in [3.8, 4) is 5.75 Å². The number of carbonyl (C=O) groups is 1. The Labute approximate surface area is 195 Å². The first-order valence-corrected chi connectivity index (χ1v) is 12.7. The number of rotatable bonds is 1. The van der Waals surface area contributed by atoms with Crippen LogP contribution < -0.4 is 14.9 Å². The Bertz CT molecular complexity index is 1340. The van der Waals surface area contributed by atoms with Crippen molar-refractivity contribution in [1.29, 1.82) is 0 Å². The van der Waals surface area contributed by atoms with Crippen molar-refractivity contribution < 1.29 is 19.0 Å². The van der Waals surface area contributed by atoms with Crippen molar-refractivity contribution in [1.82, 2.24) is 9.58 Å². The number of benzene rings is 2. The van der Waals surface area contributed by atoms with Crippen molar-refractivity contribution in [2.24, 2.45) is 0 Å². The van der Waals surface area contributed by atoms with Gasteiger partial charge in [-0.3, -0.25) is 0 Å². The molecular weight excluding hydrogens is 492 g/mol. The second-order valence-electron chi connectivity index (χ2n) is 8.19. The van der Waals surface area contributed by atoms with Crippen molar-refractivity contribution >= 4 is 25.3 Å². The van der Waals surface area contributed by atoms with Gasteiger partial charge in [0.1, 0.15) is 0 Å². The normalized spacial score (nSPS) is 21.5. The molecule has 0 unspecified atom stereocenters. The Morgan fingerprint density at radius 2 is 1.88 bits per heavy atom. The molecule has 1 fully saturated rings. The van der Waals surface area contributed by atoms with Gasteiger partial charge in [-0.1, -0.05) is 0 Å². The van der Waals surface area contributed by atoms with Crippen LogP contribution in [0.5, 0.6) is 5.75 Å². The number of hydrogen-bond donors (Lipinski definition) is 1. The van der Waals surface area contributed by atoms with Crippen LogP contribution in [0.2, 0.25) is 0 Å². The predicted octanol–water partition coefficient (Wildman–Crippen LogP) is 1.08. The van der Waals surface area contributed by atoms with Gasteiger partial charge < -0.3 is 0 Å². The number of nitrogens with zero attached hydrogens (tertiary/aromatic N) is 3. The van der Waals surface area contributed by atoms with E-state index in [-0.39, 0.29) is 33.1 Å². The SMILES string of the molecule is O=C1c2c(O)c(=O)ccn2N([C@@H]2c3ccccc3[Se]Cc3c(F)cccc32)[C@@H]2COCCN12. The second kappa shape index (κ2) is 7.73. The number of amides is 1. The van der Waals surface area contributed by atoms with Gasteiger partial charge in [0.15, 0.2) is 0 Å². The van der Waals surface area contributed by atoms with Gasteiger partial charge in [-0.05, 0) is 0 Å². The third kappa shape index (κ3) is 3.04. The fourth-order valence-corrected chi connectivity index (χ4v) is 7.32. The van der Waals surface area contributed by atoms with Crippen molar-refractivity contribution in [2.75, 3.05) is 24.8 Å². The Hall–Kier alpha value is -3.13. The van der Waals surface area contributed by atoms with E-state index >= 15 is 4.39 Å². The summed E-state index contributed by atoms with van der Waals surface area (Å²) in [4.78, 5) is 27.2. The summed E-state index contributed by atoms with van der Waals surface area (Å²) < 4.78 is 23.5. The van der Waals surface area contributed by atoms with E-state index in [0.29, 0.717) is 24.0 Å². The van der Waals surface area contributed by atoms with Gasteiger partial charge in [0.25, 0.3) is 0 Å². The summed E-state index contributed by atoms with van der Waals surface area (Å²) in [6, 6.07) is 14.0. The van der Waals surface area contributed by atoms with E-state index in [9.17, 15) is 14.7 Å². The van der Waals surface area contributed by atoms with Crippen LogP contribution in [0.15, 0.2) is 59.5 Å². The van der Waals surface area contributed by atoms with Crippen LogP contribution in [0.1, 0.15) is 33.2 Å². The molecule has 4 heterocycles. The Morgan fingerprint density at radius 3 is 2.76 bits per heavy atom. The molecule has 0 radical (unpaired) electrons. The molecule has 3 aliphatic rings. The molecule has 0 aliphatic carbocycles. The number of pyridine rings is 1. The topological polar surface area (TPSA) is 75.0 Å². The van der Waals surface area contributed by atoms with Gasteiger partial charge in [0.05, 0.1) is 0 Å². The van der Waals surface area contributed by atoms with Crippen LogP contribution in [-0.2, 0) is 10.1 Å². The maximum atomic E-state index is 15.0. The molecule has 1 N–H and O–H groups in total. The van der Waals surface area contributed by atoms with Crippen LogP contribution in [0.3, 0.4) is 0 Å². The van der Waals surface area contributed by atoms with E-state index in [4.69, 9.17) is 4.74 Å². The summed E-state index contributed by atoms with van der Waals surface area (Å²) in [7, 11) is 0. The van der Waals surface area contributed by atoms with E-state index in [1.165, 1.54) is 18.3 Å². The Morgan fingerprint density at radius 1 is 1.06 bits per heavy atom. The number of ether oxygens (including phenoxy) is 1. The number of aromatic nitrogens is 1. The van der Waals surface area contributed by atoms with Gasteiger partial charge in [-0.15, -0.1) is 0 Å². The number of carbonyl (C=O) groups excluding carboxylic acids is 1. The molecule has 3 aliphatic heterocycles. The zero-order valence-electron chi connectivity index (χ0n) is 17.5. The molecule has 0 bridgehead atoms. The van der Waals surface area contributed by atoms with Gasteiger partial charge >= 0.3 is 195 Å². The van der Waals surface area contributed by atoms with E-state index in [0.717, 1.165) is 15.6 Å². The number of hydrogen-bond acceptors (Lipinski definition) is 5. The molecule has 1 aromatic heterocycles. The molecule has 1 saturated heterocycles. The van der Waals surface area contributed by atoms with Crippen molar-refractivity contribution in [2.45, 2.75) is 17.5 Å². The van der Waals surface area contributed by atoms with Crippen LogP contribution in [0, 0.1) is 5.82 Å². The molecule has 1 amide bonds. The zero-order chi connectivity index (χ0) is 22.7. The van der Waals surface area contributed by atoms with E-state index in [2.05, 4.69) is 6.07 Å². The molecule has 0 saturated carbocycles. The molecule has 6 rings (SSSR count). The summed E-state index contributed by atoms with van der Waals surface area (Å²) in [6.07, 6.45) is 1.03. The summed E-state index contributed by atoms with van der Waals surface area (Å²) in [5.74, 6) is -1.25. The Balaban J connectivity index is 1.67. The fourth-order valence-electron chi connectivity index (χ4n) is 4.96. The number of morpholine rings is 1. The standard InChI is InChI=1S/C24H20FN3O4Se/c25-17-6-3-5-14-16(17)13-33-19-7-2-1-4-15(19)21(14)28-20-12-32-11-10-26(20)24(31)22-23(30)18(29)8-9-27(22)28/h1-9,20-21,30H,10-13H2/t20-,21+/m1/s1. The zero-order valence-corrected chi connectivity index (χ0v) is 19.2. The molecule has 7 nitrogen and oxygen atoms in total. The first-order chi connectivity index (χ1) is 16.1. The molecule has 9 heteroatoms. The summed E-state index contributed by atoms with van der Waals surface area (Å²) >= 11 is 0.0190. The van der Waals surface area contributed by atoms with Crippen molar-refractivity contribution in [3.63, 3.8) is 0 Å². The van der Waals surface area contributed by atoms with Gasteiger partial charge in [0, 0.05) is 0 Å². The van der Waals surface area contributed by atoms with Gasteiger partial charge in [-0.2, -0.15) is 0 Å². The average Bonchev–Trinajstić information content (AvgIpc) is 3.00. The van der Waals surface area contributed by atoms with E-state index < -0.39 is 29.3 Å². The summed E-state index contributed by atoms with van der Waals surface area (Å²) in [6.45, 7) is 0.951. The number of aromatic hydroxyl groups is 1. The van der Waals surface area contributed by atoms with Gasteiger partial charge in [0.2, 0.25) is 0 Å². The molecular formula is C24H20FN3O4Se. The molecule has 2 aromatic carbocycles. The third-order valence-electron chi connectivity index (χ3n) is 6.47. The predicted molar refractivity (Wildman–Crippen MR) is 120 cm³/mol. The van der Waals surface area contributed by atoms with E-state index in [1.807, 2.05) is 29.3 Å². The first-order valence-electron chi connectivity index (χ1n) is 10.7. The van der Waals surface area contributed by atoms with Gasteiger partial charge in [-0.25, -0.2) is 0 Å². The van der Waals surface area contributed by atoms with Crippen LogP contribution >= 0.6 is 0 Å². The summed E-state index contributed by atoms with van der Waals surface area (Å²) in [5.41, 5.74) is 1.80. The number of fused-ring (bicyclic) bond motifs is 4. The molecule has 33 heavy (non-hydrogen) atoms. The Kier molecular flexibility index (Phi) is 4.79. The molecule has 0 spiro atoms. The van der Waals surface area contributed by atoms with E-state index in [1.54, 1.807) is 15.6 Å². The second-order valence-corrected chi connectivity index (χ2v) is 10.3.